The number of esters is 1. The van der Waals surface area contributed by atoms with Crippen LogP contribution in [0, 0.1) is 0 Å². The van der Waals surface area contributed by atoms with Gasteiger partial charge in [-0.2, -0.15) is 0 Å². The number of hydrogen-bond donors (Lipinski definition) is 1. The number of carbonyl (C=O) groups is 1. The number of carbonyl (C=O) groups excluding carboxylic acids is 1. The van der Waals surface area contributed by atoms with E-state index in [9.17, 15) is 4.79 Å². The van der Waals surface area contributed by atoms with Crippen molar-refractivity contribution in [2.24, 2.45) is 0 Å². The molecular weight excluding hydrogens is 234 g/mol. The molecule has 0 aliphatic heterocycles. The summed E-state index contributed by atoms with van der Waals surface area (Å²) in [6.45, 7) is 6.05. The lowest BCUT2D eigenvalue weighted by Gasteiger charge is -1.89. The van der Waals surface area contributed by atoms with Crippen LogP contribution in [0.5, 0.6) is 0 Å². The lowest BCUT2D eigenvalue weighted by Crippen LogP contribution is -1.95. The van der Waals surface area contributed by atoms with Crippen LogP contribution in [-0.2, 0) is 9.53 Å². The van der Waals surface area contributed by atoms with Crippen molar-refractivity contribution in [3.63, 3.8) is 0 Å². The minimum absolute atomic E-state index is 0. The second-order valence-corrected chi connectivity index (χ2v) is 3.03. The van der Waals surface area contributed by atoms with E-state index in [-0.39, 0.29) is 11.4 Å². The van der Waals surface area contributed by atoms with Crippen molar-refractivity contribution in [3.8, 4) is 0 Å². The van der Waals surface area contributed by atoms with Crippen LogP contribution >= 0.6 is 0 Å². The zero-order chi connectivity index (χ0) is 13.4. The van der Waals surface area contributed by atoms with Gasteiger partial charge in [-0.15, -0.1) is 0 Å². The van der Waals surface area contributed by atoms with Crippen molar-refractivity contribution in [3.05, 3.63) is 30.6 Å². The summed E-state index contributed by atoms with van der Waals surface area (Å²) < 4.78 is 4.40. The first-order valence-electron chi connectivity index (χ1n) is 5.78. The number of ether oxygens (including phenoxy) is 1. The molecule has 3 N–H and O–H groups in total. The molecule has 0 saturated carbocycles. The second-order valence-electron chi connectivity index (χ2n) is 3.03. The predicted octanol–water partition coefficient (Wildman–Crippen LogP) is 1.61. The maximum Gasteiger partial charge on any atom is 0.302 e. The molecule has 1 aromatic heterocycles. The summed E-state index contributed by atoms with van der Waals surface area (Å²) in [5, 5.41) is 8.07. The molecule has 0 atom stereocenters. The number of hydrogen-bond acceptors (Lipinski definition) is 4. The number of aliphatic hydroxyl groups excluding tert-OH is 1. The Morgan fingerprint density at radius 2 is 1.78 bits per heavy atom. The Hall–Kier alpha value is -1.46. The van der Waals surface area contributed by atoms with Gasteiger partial charge in [-0.25, -0.2) is 0 Å². The van der Waals surface area contributed by atoms with Crippen LogP contribution in [-0.4, -0.2) is 34.7 Å². The smallest absolute Gasteiger partial charge is 0.302 e. The largest absolute Gasteiger partial charge is 0.466 e. The van der Waals surface area contributed by atoms with E-state index in [0.717, 1.165) is 12.8 Å². The fraction of sp³-hybridized carbons (Fsp3) is 0.538. The molecular formula is C13H25NO4. The lowest BCUT2D eigenvalue weighted by atomic mass is 10.4. The van der Waals surface area contributed by atoms with E-state index < -0.39 is 0 Å². The molecule has 0 aliphatic carbocycles. The standard InChI is InChI=1S/C5H5N.C4H8O2.C4H10O.H2O/c1-2-4-6-5-3-1;1-3-6-4(2)5;1-2-3-4-5;/h1-5H;3H2,1-2H3;5H,2-4H2,1H3;1H2. The summed E-state index contributed by atoms with van der Waals surface area (Å²) in [4.78, 5) is 13.6. The fourth-order valence-corrected chi connectivity index (χ4v) is 0.674. The van der Waals surface area contributed by atoms with Gasteiger partial charge in [0, 0.05) is 25.9 Å². The van der Waals surface area contributed by atoms with Crippen molar-refractivity contribution in [1.29, 1.82) is 0 Å². The molecule has 0 spiro atoms. The molecule has 5 nitrogen and oxygen atoms in total. The van der Waals surface area contributed by atoms with E-state index >= 15 is 0 Å². The highest BCUT2D eigenvalue weighted by Gasteiger charge is 1.81. The first kappa shape index (κ1) is 21.8. The van der Waals surface area contributed by atoms with Crippen LogP contribution in [0.15, 0.2) is 30.6 Å². The molecule has 1 aromatic rings. The van der Waals surface area contributed by atoms with E-state index in [0.29, 0.717) is 13.2 Å². The summed E-state index contributed by atoms with van der Waals surface area (Å²) in [5.41, 5.74) is 0. The number of nitrogens with zero attached hydrogens (tertiary/aromatic N) is 1. The van der Waals surface area contributed by atoms with Crippen LogP contribution in [0.3, 0.4) is 0 Å². The molecule has 0 fully saturated rings. The maximum atomic E-state index is 9.82. The van der Waals surface area contributed by atoms with E-state index in [2.05, 4.69) is 16.6 Å². The molecule has 106 valence electrons. The average Bonchev–Trinajstić information content (AvgIpc) is 2.34. The van der Waals surface area contributed by atoms with Gasteiger partial charge in [0.2, 0.25) is 0 Å². The maximum absolute atomic E-state index is 9.82. The summed E-state index contributed by atoms with van der Waals surface area (Å²) in [6.07, 6.45) is 5.54. The minimum Gasteiger partial charge on any atom is -0.466 e. The Balaban J connectivity index is -0.000000184. The number of pyridine rings is 1. The molecule has 0 radical (unpaired) electrons. The summed E-state index contributed by atoms with van der Waals surface area (Å²) in [7, 11) is 0. The van der Waals surface area contributed by atoms with Gasteiger partial charge in [-0.05, 0) is 25.5 Å². The van der Waals surface area contributed by atoms with Crippen molar-refractivity contribution in [2.45, 2.75) is 33.6 Å². The van der Waals surface area contributed by atoms with Gasteiger partial charge in [-0.1, -0.05) is 19.4 Å². The average molecular weight is 259 g/mol. The predicted molar refractivity (Wildman–Crippen MR) is 72.2 cm³/mol. The van der Waals surface area contributed by atoms with Gasteiger partial charge in [-0.3, -0.25) is 9.78 Å². The topological polar surface area (TPSA) is 90.9 Å². The molecule has 5 heteroatoms. The van der Waals surface area contributed by atoms with Crippen molar-refractivity contribution in [2.75, 3.05) is 13.2 Å². The molecule has 1 heterocycles. The van der Waals surface area contributed by atoms with Gasteiger partial charge in [0.05, 0.1) is 6.61 Å². The number of rotatable bonds is 3. The highest BCUT2D eigenvalue weighted by atomic mass is 16.5. The molecule has 0 amide bonds. The van der Waals surface area contributed by atoms with E-state index in [4.69, 9.17) is 5.11 Å². The van der Waals surface area contributed by atoms with Crippen LogP contribution in [0.25, 0.3) is 0 Å². The molecule has 0 bridgehead atoms. The second kappa shape index (κ2) is 20.9. The normalized spacial score (nSPS) is 7.56. The molecule has 0 aromatic carbocycles. The Kier molecular flexibility index (Phi) is 25.3. The van der Waals surface area contributed by atoms with Crippen LogP contribution in [0.2, 0.25) is 0 Å². The summed E-state index contributed by atoms with van der Waals surface area (Å²) in [6, 6.07) is 5.72. The van der Waals surface area contributed by atoms with Crippen molar-refractivity contribution in [1.82, 2.24) is 4.98 Å². The first-order valence-corrected chi connectivity index (χ1v) is 5.78. The molecule has 1 rings (SSSR count). The van der Waals surface area contributed by atoms with Gasteiger partial charge < -0.3 is 15.3 Å². The van der Waals surface area contributed by atoms with E-state index in [1.165, 1.54) is 6.92 Å². The molecule has 0 aliphatic rings. The number of aromatic nitrogens is 1. The third kappa shape index (κ3) is 29.3. The molecule has 0 saturated heterocycles. The monoisotopic (exact) mass is 259 g/mol. The van der Waals surface area contributed by atoms with Gasteiger partial charge in [0.15, 0.2) is 0 Å². The highest BCUT2D eigenvalue weighted by Crippen LogP contribution is 1.78. The third-order valence-corrected chi connectivity index (χ3v) is 1.43. The Labute approximate surface area is 109 Å². The zero-order valence-electron chi connectivity index (χ0n) is 11.4. The SMILES string of the molecule is CCCCO.CCOC(C)=O.O.c1ccncc1. The highest BCUT2D eigenvalue weighted by molar-refractivity contribution is 5.65. The van der Waals surface area contributed by atoms with Crippen LogP contribution in [0.1, 0.15) is 33.6 Å². The quantitative estimate of drug-likeness (QED) is 0.835. The zero-order valence-corrected chi connectivity index (χ0v) is 11.4. The third-order valence-electron chi connectivity index (χ3n) is 1.43. The van der Waals surface area contributed by atoms with Crippen LogP contribution in [0.4, 0.5) is 0 Å². The Bertz CT molecular complexity index is 213. The van der Waals surface area contributed by atoms with Crippen molar-refractivity contribution < 1.29 is 20.1 Å². The fourth-order valence-electron chi connectivity index (χ4n) is 0.674. The lowest BCUT2D eigenvalue weighted by molar-refractivity contribution is -0.140. The van der Waals surface area contributed by atoms with Crippen molar-refractivity contribution >= 4 is 5.97 Å². The summed E-state index contributed by atoms with van der Waals surface area (Å²) >= 11 is 0. The molecule has 0 unspecified atom stereocenters. The molecule has 18 heavy (non-hydrogen) atoms. The van der Waals surface area contributed by atoms with Gasteiger partial charge >= 0.3 is 5.97 Å². The Morgan fingerprint density at radius 1 is 1.22 bits per heavy atom. The van der Waals surface area contributed by atoms with E-state index in [1.807, 2.05) is 18.2 Å². The Morgan fingerprint density at radius 3 is 1.83 bits per heavy atom. The van der Waals surface area contributed by atoms with E-state index in [1.54, 1.807) is 19.3 Å². The first-order chi connectivity index (χ1) is 8.18. The van der Waals surface area contributed by atoms with Crippen LogP contribution < -0.4 is 0 Å². The van der Waals surface area contributed by atoms with Gasteiger partial charge in [0.25, 0.3) is 0 Å². The summed E-state index contributed by atoms with van der Waals surface area (Å²) in [5.74, 6) is -0.211. The van der Waals surface area contributed by atoms with Gasteiger partial charge in [0.1, 0.15) is 0 Å². The number of aliphatic hydroxyl groups is 1. The number of unbranched alkanes of at least 4 members (excludes halogenated alkanes) is 1. The minimum atomic E-state index is -0.211.